The summed E-state index contributed by atoms with van der Waals surface area (Å²) in [6.45, 7) is 1.78. The molecule has 0 spiro atoms. The molecule has 1 heterocycles. The van der Waals surface area contributed by atoms with Gasteiger partial charge in [0, 0.05) is 5.69 Å². The molecule has 10 heteroatoms. The van der Waals surface area contributed by atoms with Crippen LogP contribution in [0.25, 0.3) is 0 Å². The Morgan fingerprint density at radius 3 is 2.41 bits per heavy atom. The summed E-state index contributed by atoms with van der Waals surface area (Å²) in [6.07, 6.45) is -0.417. The second-order valence-electron chi connectivity index (χ2n) is 7.15. The number of nitrogens with zero attached hydrogens (tertiary/aromatic N) is 1. The van der Waals surface area contributed by atoms with Crippen molar-refractivity contribution in [2.75, 3.05) is 16.2 Å². The number of halogens is 3. The molecule has 166 valence electrons. The Labute approximate surface area is 194 Å². The van der Waals surface area contributed by atoms with Gasteiger partial charge in [-0.25, -0.2) is 12.8 Å². The normalized spacial score (nSPS) is 15.6. The molecule has 0 bridgehead atoms. The molecule has 0 fully saturated rings. The summed E-state index contributed by atoms with van der Waals surface area (Å²) in [5.74, 6) is -0.746. The van der Waals surface area contributed by atoms with Crippen molar-refractivity contribution >= 4 is 50.5 Å². The van der Waals surface area contributed by atoms with Crippen molar-refractivity contribution in [2.45, 2.75) is 17.9 Å². The van der Waals surface area contributed by atoms with E-state index in [1.165, 1.54) is 22.5 Å². The van der Waals surface area contributed by atoms with E-state index in [-0.39, 0.29) is 32.7 Å². The summed E-state index contributed by atoms with van der Waals surface area (Å²) in [7, 11) is -4.00. The lowest BCUT2D eigenvalue weighted by Crippen LogP contribution is -2.42. The summed E-state index contributed by atoms with van der Waals surface area (Å²) in [5.41, 5.74) is 0.673. The molecule has 0 radical (unpaired) electrons. The van der Waals surface area contributed by atoms with Crippen LogP contribution in [0.1, 0.15) is 17.3 Å². The van der Waals surface area contributed by atoms with E-state index in [0.29, 0.717) is 11.4 Å². The summed E-state index contributed by atoms with van der Waals surface area (Å²) in [5, 5.41) is 3.06. The first kappa shape index (κ1) is 22.4. The molecule has 3 aromatic rings. The van der Waals surface area contributed by atoms with E-state index in [9.17, 15) is 17.6 Å². The highest BCUT2D eigenvalue weighted by Gasteiger charge is 2.33. The van der Waals surface area contributed by atoms with Crippen LogP contribution < -0.4 is 14.4 Å². The Balaban J connectivity index is 1.71. The molecule has 1 aliphatic rings. The number of rotatable bonds is 4. The van der Waals surface area contributed by atoms with Gasteiger partial charge in [0.1, 0.15) is 17.7 Å². The topological polar surface area (TPSA) is 75.7 Å². The van der Waals surface area contributed by atoms with Gasteiger partial charge in [0.05, 0.1) is 32.7 Å². The molecular formula is C22H17Cl2FN2O4S. The molecule has 0 saturated heterocycles. The maximum Gasteiger partial charge on any atom is 0.264 e. The molecule has 1 atom stereocenters. The monoisotopic (exact) mass is 494 g/mol. The van der Waals surface area contributed by atoms with Crippen LogP contribution in [0, 0.1) is 5.82 Å². The maximum absolute atomic E-state index is 13.3. The summed E-state index contributed by atoms with van der Waals surface area (Å²) in [6, 6.07) is 13.9. The zero-order valence-corrected chi connectivity index (χ0v) is 19.0. The zero-order chi connectivity index (χ0) is 23.0. The van der Waals surface area contributed by atoms with Crippen molar-refractivity contribution in [2.24, 2.45) is 0 Å². The highest BCUT2D eigenvalue weighted by molar-refractivity contribution is 7.92. The third-order valence-electron chi connectivity index (χ3n) is 4.83. The van der Waals surface area contributed by atoms with E-state index in [4.69, 9.17) is 27.9 Å². The Kier molecular flexibility index (Phi) is 6.03. The van der Waals surface area contributed by atoms with Gasteiger partial charge in [-0.3, -0.25) is 9.10 Å². The van der Waals surface area contributed by atoms with E-state index in [0.717, 1.165) is 12.1 Å². The molecular weight excluding hydrogens is 478 g/mol. The second kappa shape index (κ2) is 8.61. The minimum Gasteiger partial charge on any atom is -0.487 e. The molecule has 1 N–H and O–H groups in total. The maximum atomic E-state index is 13.3. The minimum absolute atomic E-state index is 0.0421. The molecule has 0 saturated carbocycles. The van der Waals surface area contributed by atoms with Crippen LogP contribution in [0.4, 0.5) is 15.8 Å². The number of amides is 1. The van der Waals surface area contributed by atoms with Gasteiger partial charge in [-0.15, -0.1) is 0 Å². The van der Waals surface area contributed by atoms with E-state index in [1.807, 2.05) is 0 Å². The number of carbonyl (C=O) groups excluding carboxylic acids is 1. The number of hydrogen-bond acceptors (Lipinski definition) is 4. The van der Waals surface area contributed by atoms with E-state index in [2.05, 4.69) is 5.32 Å². The van der Waals surface area contributed by atoms with Crippen molar-refractivity contribution in [1.29, 1.82) is 0 Å². The molecule has 0 aliphatic carbocycles. The van der Waals surface area contributed by atoms with Gasteiger partial charge in [-0.2, -0.15) is 0 Å². The first-order valence-corrected chi connectivity index (χ1v) is 11.7. The standard InChI is InChI=1S/C22H17Cl2FN2O4S/c1-13-12-27(32(29,30)16-8-5-14(25)6-9-16)19-11-15(7-10-20(19)31-13)26-22(28)21-17(23)3-2-4-18(21)24/h2-11,13H,12H2,1H3,(H,26,28)/t13-/m0/s1. The summed E-state index contributed by atoms with van der Waals surface area (Å²) < 4.78 is 46.8. The number of benzene rings is 3. The zero-order valence-electron chi connectivity index (χ0n) is 16.7. The van der Waals surface area contributed by atoms with Gasteiger partial charge in [0.15, 0.2) is 0 Å². The van der Waals surface area contributed by atoms with Crippen molar-refractivity contribution in [3.63, 3.8) is 0 Å². The summed E-state index contributed by atoms with van der Waals surface area (Å²) in [4.78, 5) is 12.7. The highest BCUT2D eigenvalue weighted by Crippen LogP contribution is 2.39. The lowest BCUT2D eigenvalue weighted by Gasteiger charge is -2.34. The molecule has 4 rings (SSSR count). The number of ether oxygens (including phenoxy) is 1. The fourth-order valence-corrected chi connectivity index (χ4v) is 5.46. The van der Waals surface area contributed by atoms with Crippen LogP contribution in [0.2, 0.25) is 10.0 Å². The van der Waals surface area contributed by atoms with Crippen LogP contribution >= 0.6 is 23.2 Å². The molecule has 1 aliphatic heterocycles. The second-order valence-corrected chi connectivity index (χ2v) is 9.83. The quantitative estimate of drug-likeness (QED) is 0.529. The number of nitrogens with one attached hydrogen (secondary N) is 1. The Hall–Kier alpha value is -2.81. The van der Waals surface area contributed by atoms with E-state index >= 15 is 0 Å². The SMILES string of the molecule is C[C@H]1CN(S(=O)(=O)c2ccc(F)cc2)c2cc(NC(=O)c3c(Cl)cccc3Cl)ccc2O1. The predicted molar refractivity (Wildman–Crippen MR) is 122 cm³/mol. The van der Waals surface area contributed by atoms with Gasteiger partial charge in [0.25, 0.3) is 15.9 Å². The Bertz CT molecular complexity index is 1280. The molecule has 0 aromatic heterocycles. The first-order valence-electron chi connectivity index (χ1n) is 9.51. The summed E-state index contributed by atoms with van der Waals surface area (Å²) >= 11 is 12.2. The number of sulfonamides is 1. The van der Waals surface area contributed by atoms with Crippen LogP contribution in [0.5, 0.6) is 5.75 Å². The van der Waals surface area contributed by atoms with Crippen molar-refractivity contribution in [3.8, 4) is 5.75 Å². The third kappa shape index (κ3) is 4.26. The molecule has 32 heavy (non-hydrogen) atoms. The van der Waals surface area contributed by atoms with Crippen LogP contribution in [-0.2, 0) is 10.0 Å². The smallest absolute Gasteiger partial charge is 0.264 e. The van der Waals surface area contributed by atoms with Gasteiger partial charge < -0.3 is 10.1 Å². The molecule has 6 nitrogen and oxygen atoms in total. The lowest BCUT2D eigenvalue weighted by atomic mass is 10.2. The average Bonchev–Trinajstić information content (AvgIpc) is 2.73. The molecule has 3 aromatic carbocycles. The number of carbonyl (C=O) groups is 1. The minimum atomic E-state index is -4.00. The van der Waals surface area contributed by atoms with Crippen LogP contribution in [-0.4, -0.2) is 27.0 Å². The number of fused-ring (bicyclic) bond motifs is 1. The Morgan fingerprint density at radius 1 is 1.09 bits per heavy atom. The number of anilines is 2. The Morgan fingerprint density at radius 2 is 1.75 bits per heavy atom. The van der Waals surface area contributed by atoms with Crippen molar-refractivity contribution < 1.29 is 22.3 Å². The van der Waals surface area contributed by atoms with E-state index < -0.39 is 27.9 Å². The fourth-order valence-electron chi connectivity index (χ4n) is 3.35. The van der Waals surface area contributed by atoms with Gasteiger partial charge in [0.2, 0.25) is 0 Å². The first-order chi connectivity index (χ1) is 15.2. The number of hydrogen-bond donors (Lipinski definition) is 1. The van der Waals surface area contributed by atoms with Gasteiger partial charge >= 0.3 is 0 Å². The fraction of sp³-hybridized carbons (Fsp3) is 0.136. The third-order valence-corrected chi connectivity index (χ3v) is 7.25. The predicted octanol–water partition coefficient (Wildman–Crippen LogP) is 5.36. The lowest BCUT2D eigenvalue weighted by molar-refractivity contribution is 0.102. The largest absolute Gasteiger partial charge is 0.487 e. The highest BCUT2D eigenvalue weighted by atomic mass is 35.5. The van der Waals surface area contributed by atoms with Crippen molar-refractivity contribution in [3.05, 3.63) is 82.1 Å². The van der Waals surface area contributed by atoms with E-state index in [1.54, 1.807) is 37.3 Å². The van der Waals surface area contributed by atoms with Crippen molar-refractivity contribution in [1.82, 2.24) is 0 Å². The van der Waals surface area contributed by atoms with Crippen LogP contribution in [0.15, 0.2) is 65.6 Å². The molecule has 0 unspecified atom stereocenters. The molecule has 1 amide bonds. The van der Waals surface area contributed by atoms with Crippen LogP contribution in [0.3, 0.4) is 0 Å². The van der Waals surface area contributed by atoms with Gasteiger partial charge in [-0.1, -0.05) is 29.3 Å². The van der Waals surface area contributed by atoms with Gasteiger partial charge in [-0.05, 0) is 61.5 Å². The average molecular weight is 495 g/mol.